The Morgan fingerprint density at radius 1 is 1.34 bits per heavy atom. The Hall–Kier alpha value is -2.72. The van der Waals surface area contributed by atoms with Gasteiger partial charge in [-0.3, -0.25) is 9.63 Å². The fourth-order valence-electron chi connectivity index (χ4n) is 5.07. The summed E-state index contributed by atoms with van der Waals surface area (Å²) in [6.07, 6.45) is 4.01. The maximum absolute atomic E-state index is 13.6. The van der Waals surface area contributed by atoms with E-state index in [9.17, 15) is 9.90 Å². The van der Waals surface area contributed by atoms with Gasteiger partial charge in [-0.2, -0.15) is 0 Å². The van der Waals surface area contributed by atoms with Crippen molar-refractivity contribution in [2.24, 2.45) is 11.0 Å². The molecule has 1 fully saturated rings. The molecule has 2 aliphatic rings. The monoisotopic (exact) mass is 527 g/mol. The van der Waals surface area contributed by atoms with E-state index in [0.29, 0.717) is 36.0 Å². The van der Waals surface area contributed by atoms with E-state index in [1.165, 1.54) is 0 Å². The smallest absolute Gasteiger partial charge is 0.275 e. The molecule has 0 saturated heterocycles. The van der Waals surface area contributed by atoms with Crippen molar-refractivity contribution in [3.63, 3.8) is 0 Å². The Morgan fingerprint density at radius 2 is 2.08 bits per heavy atom. The Morgan fingerprint density at radius 3 is 2.68 bits per heavy atom. The van der Waals surface area contributed by atoms with Crippen LogP contribution in [-0.2, 0) is 15.2 Å². The minimum absolute atomic E-state index is 0.0931. The van der Waals surface area contributed by atoms with E-state index >= 15 is 0 Å². The maximum atomic E-state index is 13.6. The van der Waals surface area contributed by atoms with Crippen LogP contribution in [0, 0.1) is 5.92 Å². The van der Waals surface area contributed by atoms with E-state index in [-0.39, 0.29) is 24.5 Å². The van der Waals surface area contributed by atoms with Gasteiger partial charge in [-0.05, 0) is 68.7 Å². The lowest BCUT2D eigenvalue weighted by Crippen LogP contribution is -2.55. The number of hydroxylamine groups is 1. The third kappa shape index (κ3) is 6.29. The quantitative estimate of drug-likeness (QED) is 0.215. The predicted octanol–water partition coefficient (Wildman–Crippen LogP) is 3.90. The number of hydrogen-bond donors (Lipinski definition) is 4. The summed E-state index contributed by atoms with van der Waals surface area (Å²) < 4.78 is 5.97. The summed E-state index contributed by atoms with van der Waals surface area (Å²) >= 11 is 0. The zero-order valence-corrected chi connectivity index (χ0v) is 23.8. The number of hydrazone groups is 1. The molecule has 1 atom stereocenters. The number of amides is 1. The van der Waals surface area contributed by atoms with Gasteiger partial charge in [-0.25, -0.2) is 10.5 Å². The van der Waals surface area contributed by atoms with Crippen molar-refractivity contribution in [3.05, 3.63) is 52.9 Å². The Kier molecular flexibility index (Phi) is 10.5. The summed E-state index contributed by atoms with van der Waals surface area (Å²) in [5.41, 5.74) is 6.27. The number of rotatable bonds is 14. The zero-order valence-electron chi connectivity index (χ0n) is 23.8. The van der Waals surface area contributed by atoms with Gasteiger partial charge in [0.15, 0.2) is 5.84 Å². The van der Waals surface area contributed by atoms with Crippen LogP contribution in [0.15, 0.2) is 46.8 Å². The molecule has 0 radical (unpaired) electrons. The highest BCUT2D eigenvalue weighted by molar-refractivity contribution is 6.15. The number of nitrogens with zero attached hydrogens (tertiary/aromatic N) is 2. The number of aliphatic hydroxyl groups excluding tert-OH is 1. The SMILES string of the molecule is C=C(CCC)N1N=C(c2cc(C3(ONC)CC(NCCO)C3)ccc2OCC)NC(=O)/C1=C(\C)C(C)CC. The number of nitrogens with one attached hydrogen (secondary N) is 3. The van der Waals surface area contributed by atoms with Crippen LogP contribution >= 0.6 is 0 Å². The van der Waals surface area contributed by atoms with Crippen LogP contribution < -0.4 is 20.9 Å². The van der Waals surface area contributed by atoms with Crippen molar-refractivity contribution in [2.75, 3.05) is 26.8 Å². The van der Waals surface area contributed by atoms with E-state index in [0.717, 1.165) is 48.9 Å². The summed E-state index contributed by atoms with van der Waals surface area (Å²) in [7, 11) is 1.75. The first-order valence-electron chi connectivity index (χ1n) is 13.8. The molecule has 1 aliphatic heterocycles. The first-order valence-corrected chi connectivity index (χ1v) is 13.8. The predicted molar refractivity (Wildman–Crippen MR) is 150 cm³/mol. The average molecular weight is 528 g/mol. The molecule has 210 valence electrons. The topological polar surface area (TPSA) is 107 Å². The van der Waals surface area contributed by atoms with E-state index in [1.54, 1.807) is 12.1 Å². The number of allylic oxidation sites excluding steroid dienone is 2. The average Bonchev–Trinajstić information content (AvgIpc) is 2.89. The third-order valence-corrected chi connectivity index (χ3v) is 7.48. The van der Waals surface area contributed by atoms with Crippen molar-refractivity contribution < 1.29 is 19.5 Å². The first-order chi connectivity index (χ1) is 18.2. The molecule has 1 aromatic carbocycles. The van der Waals surface area contributed by atoms with E-state index < -0.39 is 5.60 Å². The summed E-state index contributed by atoms with van der Waals surface area (Å²) in [6.45, 7) is 15.6. The van der Waals surface area contributed by atoms with Crippen LogP contribution in [0.25, 0.3) is 0 Å². The fourth-order valence-corrected chi connectivity index (χ4v) is 5.07. The highest BCUT2D eigenvalue weighted by atomic mass is 16.7. The first kappa shape index (κ1) is 29.8. The van der Waals surface area contributed by atoms with Gasteiger partial charge >= 0.3 is 0 Å². The number of hydrogen-bond acceptors (Lipinski definition) is 8. The van der Waals surface area contributed by atoms with Gasteiger partial charge < -0.3 is 20.5 Å². The van der Waals surface area contributed by atoms with Gasteiger partial charge in [0, 0.05) is 25.3 Å². The molecule has 1 aliphatic carbocycles. The lowest BCUT2D eigenvalue weighted by atomic mass is 9.71. The van der Waals surface area contributed by atoms with Gasteiger partial charge in [-0.1, -0.05) is 39.8 Å². The van der Waals surface area contributed by atoms with Crippen LogP contribution in [0.3, 0.4) is 0 Å². The second-order valence-electron chi connectivity index (χ2n) is 10.1. The zero-order chi connectivity index (χ0) is 27.9. The summed E-state index contributed by atoms with van der Waals surface area (Å²) in [5.74, 6) is 1.09. The molecule has 1 amide bonds. The molecule has 9 heteroatoms. The van der Waals surface area contributed by atoms with Gasteiger partial charge in [0.05, 0.1) is 18.8 Å². The van der Waals surface area contributed by atoms with Crippen molar-refractivity contribution in [2.45, 2.75) is 78.4 Å². The normalized spacial score (nSPS) is 23.3. The van der Waals surface area contributed by atoms with Crippen molar-refractivity contribution in [1.82, 2.24) is 21.1 Å². The van der Waals surface area contributed by atoms with Crippen molar-refractivity contribution in [3.8, 4) is 5.75 Å². The summed E-state index contributed by atoms with van der Waals surface area (Å²) in [4.78, 5) is 19.6. The molecular weight excluding hydrogens is 482 g/mol. The molecule has 1 unspecified atom stereocenters. The lowest BCUT2D eigenvalue weighted by molar-refractivity contribution is -0.163. The van der Waals surface area contributed by atoms with Gasteiger partial charge in [0.25, 0.3) is 5.91 Å². The molecule has 1 aromatic rings. The second-order valence-corrected chi connectivity index (χ2v) is 10.1. The standard InChI is InChI=1S/C29H45N5O4/c1-8-11-20(5)34-26(21(6)19(4)9-2)28(36)32-27(33-34)24-16-22(12-13-25(24)37-10-3)29(38-30-7)17-23(18-29)31-14-15-35/h12-13,16,19,23,30-31,35H,5,8-11,14-15,17-18H2,1-4,6-7H3,(H,32,33,36)/b26-21-. The molecule has 1 saturated carbocycles. The number of aliphatic hydroxyl groups is 1. The van der Waals surface area contributed by atoms with Crippen LogP contribution in [0.4, 0.5) is 0 Å². The number of ether oxygens (including phenoxy) is 1. The third-order valence-electron chi connectivity index (χ3n) is 7.48. The number of carbonyl (C=O) groups is 1. The van der Waals surface area contributed by atoms with Gasteiger partial charge in [0.2, 0.25) is 0 Å². The highest BCUT2D eigenvalue weighted by Gasteiger charge is 2.47. The molecule has 9 nitrogen and oxygen atoms in total. The van der Waals surface area contributed by atoms with Crippen LogP contribution in [0.5, 0.6) is 5.75 Å². The Labute approximate surface area is 227 Å². The molecule has 0 aromatic heterocycles. The summed E-state index contributed by atoms with van der Waals surface area (Å²) in [5, 5.41) is 22.2. The minimum Gasteiger partial charge on any atom is -0.493 e. The lowest BCUT2D eigenvalue weighted by Gasteiger charge is -2.47. The van der Waals surface area contributed by atoms with E-state index in [2.05, 4.69) is 43.5 Å². The van der Waals surface area contributed by atoms with Crippen LogP contribution in [-0.4, -0.2) is 54.7 Å². The molecule has 1 heterocycles. The molecule has 3 rings (SSSR count). The molecular formula is C29H45N5O4. The number of benzene rings is 1. The van der Waals surface area contributed by atoms with E-state index in [1.807, 2.05) is 32.0 Å². The molecule has 38 heavy (non-hydrogen) atoms. The van der Waals surface area contributed by atoms with Crippen molar-refractivity contribution in [1.29, 1.82) is 0 Å². The Bertz CT molecular complexity index is 1060. The largest absolute Gasteiger partial charge is 0.493 e. The van der Waals surface area contributed by atoms with E-state index in [4.69, 9.17) is 14.7 Å². The van der Waals surface area contributed by atoms with Crippen LogP contribution in [0.1, 0.15) is 77.8 Å². The number of amidine groups is 1. The molecule has 0 bridgehead atoms. The summed E-state index contributed by atoms with van der Waals surface area (Å²) in [6, 6.07) is 6.16. The number of carbonyl (C=O) groups excluding carboxylic acids is 1. The van der Waals surface area contributed by atoms with Gasteiger partial charge in [0.1, 0.15) is 17.0 Å². The Balaban J connectivity index is 2.09. The molecule has 4 N–H and O–H groups in total. The molecule has 0 spiro atoms. The highest BCUT2D eigenvalue weighted by Crippen LogP contribution is 2.45. The minimum atomic E-state index is -0.551. The second kappa shape index (κ2) is 13.4. The fraction of sp³-hybridized carbons (Fsp3) is 0.586. The van der Waals surface area contributed by atoms with Gasteiger partial charge in [-0.15, -0.1) is 5.10 Å². The maximum Gasteiger partial charge on any atom is 0.275 e. The van der Waals surface area contributed by atoms with Crippen LogP contribution in [0.2, 0.25) is 0 Å². The van der Waals surface area contributed by atoms with Crippen molar-refractivity contribution >= 4 is 11.7 Å².